The maximum absolute atomic E-state index is 10.7. The summed E-state index contributed by atoms with van der Waals surface area (Å²) in [5.74, 6) is -1.47. The quantitative estimate of drug-likeness (QED) is 0.462. The number of esters is 1. The van der Waals surface area contributed by atoms with Crippen LogP contribution in [0.2, 0.25) is 0 Å². The Balaban J connectivity index is 2.27. The number of ether oxygens (including phenoxy) is 1. The number of hydrogen-bond acceptors (Lipinski definition) is 6. The molecule has 0 spiro atoms. The molecule has 0 aliphatic carbocycles. The summed E-state index contributed by atoms with van der Waals surface area (Å²) in [5, 5.41) is 18.4. The van der Waals surface area contributed by atoms with Crippen molar-refractivity contribution in [3.8, 4) is 0 Å². The number of aromatic nitrogens is 3. The van der Waals surface area contributed by atoms with E-state index in [0.717, 1.165) is 0 Å². The van der Waals surface area contributed by atoms with Crippen molar-refractivity contribution in [1.82, 2.24) is 20.3 Å². The lowest BCUT2D eigenvalue weighted by molar-refractivity contribution is -0.139. The number of nitrogens with zero attached hydrogens (tertiary/aromatic N) is 3. The van der Waals surface area contributed by atoms with Crippen LogP contribution in [0.3, 0.4) is 0 Å². The monoisotopic (exact) mass is 228 g/mol. The Morgan fingerprint density at radius 3 is 2.94 bits per heavy atom. The zero-order chi connectivity index (χ0) is 12.0. The highest BCUT2D eigenvalue weighted by atomic mass is 16.5. The van der Waals surface area contributed by atoms with Crippen LogP contribution in [0.15, 0.2) is 6.20 Å². The summed E-state index contributed by atoms with van der Waals surface area (Å²) in [7, 11) is 1.31. The third-order valence-electron chi connectivity index (χ3n) is 1.77. The summed E-state index contributed by atoms with van der Waals surface area (Å²) in [6.07, 6.45) is 1.32. The Kier molecular flexibility index (Phi) is 4.40. The molecular formula is C8H12N4O4. The summed E-state index contributed by atoms with van der Waals surface area (Å²) in [5.41, 5.74) is -0.104. The minimum Gasteiger partial charge on any atom is -0.476 e. The topological polar surface area (TPSA) is 106 Å². The first-order chi connectivity index (χ1) is 7.63. The molecule has 16 heavy (non-hydrogen) atoms. The van der Waals surface area contributed by atoms with E-state index in [1.54, 1.807) is 0 Å². The molecule has 0 amide bonds. The lowest BCUT2D eigenvalue weighted by atomic mass is 10.5. The predicted molar refractivity (Wildman–Crippen MR) is 51.9 cm³/mol. The molecule has 0 bridgehead atoms. The first kappa shape index (κ1) is 12.1. The summed E-state index contributed by atoms with van der Waals surface area (Å²) in [6, 6.07) is 0. The molecule has 0 saturated heterocycles. The maximum atomic E-state index is 10.7. The van der Waals surface area contributed by atoms with E-state index in [1.165, 1.54) is 18.0 Å². The molecule has 88 valence electrons. The van der Waals surface area contributed by atoms with Gasteiger partial charge >= 0.3 is 11.9 Å². The normalized spacial score (nSPS) is 10.1. The standard InChI is InChI=1S/C8H12N4O4/c1-16-7(13)4-9-2-3-12-5-6(8(14)15)10-11-12/h5,9H,2-4H2,1H3,(H,14,15). The van der Waals surface area contributed by atoms with Crippen molar-refractivity contribution >= 4 is 11.9 Å². The summed E-state index contributed by atoms with van der Waals surface area (Å²) < 4.78 is 5.81. The highest BCUT2D eigenvalue weighted by Gasteiger charge is 2.07. The number of nitrogens with one attached hydrogen (secondary N) is 1. The van der Waals surface area contributed by atoms with Crippen LogP contribution in [0, 0.1) is 0 Å². The van der Waals surface area contributed by atoms with E-state index >= 15 is 0 Å². The van der Waals surface area contributed by atoms with Crippen LogP contribution in [0.25, 0.3) is 0 Å². The lowest BCUT2D eigenvalue weighted by Crippen LogP contribution is -2.27. The van der Waals surface area contributed by atoms with Crippen molar-refractivity contribution in [2.45, 2.75) is 6.54 Å². The largest absolute Gasteiger partial charge is 0.476 e. The van der Waals surface area contributed by atoms with E-state index in [1.807, 2.05) is 0 Å². The Morgan fingerprint density at radius 2 is 2.38 bits per heavy atom. The van der Waals surface area contributed by atoms with Gasteiger partial charge in [-0.1, -0.05) is 5.21 Å². The van der Waals surface area contributed by atoms with E-state index in [0.29, 0.717) is 13.1 Å². The smallest absolute Gasteiger partial charge is 0.358 e. The lowest BCUT2D eigenvalue weighted by Gasteiger charge is -2.02. The fourth-order valence-corrected chi connectivity index (χ4v) is 0.962. The molecule has 1 rings (SSSR count). The molecule has 0 aromatic carbocycles. The third kappa shape index (κ3) is 3.65. The van der Waals surface area contributed by atoms with Gasteiger partial charge in [-0.15, -0.1) is 5.10 Å². The zero-order valence-corrected chi connectivity index (χ0v) is 8.71. The Morgan fingerprint density at radius 1 is 1.62 bits per heavy atom. The molecule has 0 aliphatic heterocycles. The van der Waals surface area contributed by atoms with Crippen molar-refractivity contribution in [2.75, 3.05) is 20.2 Å². The molecule has 1 aromatic heterocycles. The molecule has 8 nitrogen and oxygen atoms in total. The number of carboxylic acids is 1. The average molecular weight is 228 g/mol. The number of methoxy groups -OCH3 is 1. The van der Waals surface area contributed by atoms with Gasteiger partial charge in [0.15, 0.2) is 5.69 Å². The Bertz CT molecular complexity index is 376. The van der Waals surface area contributed by atoms with Gasteiger partial charge < -0.3 is 15.2 Å². The van der Waals surface area contributed by atoms with Gasteiger partial charge in [0.2, 0.25) is 0 Å². The highest BCUT2D eigenvalue weighted by Crippen LogP contribution is 1.91. The van der Waals surface area contributed by atoms with Gasteiger partial charge in [-0.25, -0.2) is 4.79 Å². The third-order valence-corrected chi connectivity index (χ3v) is 1.77. The number of carboxylic acid groups (broad SMARTS) is 1. The maximum Gasteiger partial charge on any atom is 0.358 e. The Labute approximate surface area is 91.2 Å². The van der Waals surface area contributed by atoms with Crippen LogP contribution in [0.4, 0.5) is 0 Å². The molecule has 0 aliphatic rings. The minimum absolute atomic E-state index is 0.104. The molecule has 0 atom stereocenters. The van der Waals surface area contributed by atoms with Gasteiger partial charge in [-0.05, 0) is 0 Å². The Hall–Kier alpha value is -1.96. The van der Waals surface area contributed by atoms with E-state index in [-0.39, 0.29) is 18.2 Å². The summed E-state index contributed by atoms with van der Waals surface area (Å²) in [6.45, 7) is 1.01. The van der Waals surface area contributed by atoms with Crippen LogP contribution in [0.5, 0.6) is 0 Å². The molecule has 8 heteroatoms. The first-order valence-electron chi connectivity index (χ1n) is 4.54. The summed E-state index contributed by atoms with van der Waals surface area (Å²) >= 11 is 0. The molecule has 1 aromatic rings. The minimum atomic E-state index is -1.12. The number of hydrogen-bond donors (Lipinski definition) is 2. The number of carbonyl (C=O) groups excluding carboxylic acids is 1. The fourth-order valence-electron chi connectivity index (χ4n) is 0.962. The molecule has 0 unspecified atom stereocenters. The van der Waals surface area contributed by atoms with E-state index in [9.17, 15) is 9.59 Å². The van der Waals surface area contributed by atoms with E-state index < -0.39 is 5.97 Å². The zero-order valence-electron chi connectivity index (χ0n) is 8.71. The van der Waals surface area contributed by atoms with Gasteiger partial charge in [0, 0.05) is 6.54 Å². The number of carbonyl (C=O) groups is 2. The predicted octanol–water partition coefficient (Wildman–Crippen LogP) is -1.26. The van der Waals surface area contributed by atoms with E-state index in [4.69, 9.17) is 5.11 Å². The van der Waals surface area contributed by atoms with Crippen molar-refractivity contribution in [3.63, 3.8) is 0 Å². The molecule has 0 radical (unpaired) electrons. The molecule has 1 heterocycles. The van der Waals surface area contributed by atoms with Crippen LogP contribution >= 0.6 is 0 Å². The van der Waals surface area contributed by atoms with Gasteiger partial charge in [0.25, 0.3) is 0 Å². The van der Waals surface area contributed by atoms with Gasteiger partial charge in [0.1, 0.15) is 0 Å². The average Bonchev–Trinajstić information content (AvgIpc) is 2.72. The van der Waals surface area contributed by atoms with Crippen molar-refractivity contribution in [3.05, 3.63) is 11.9 Å². The molecular weight excluding hydrogens is 216 g/mol. The van der Waals surface area contributed by atoms with Crippen molar-refractivity contribution < 1.29 is 19.4 Å². The summed E-state index contributed by atoms with van der Waals surface area (Å²) in [4.78, 5) is 21.2. The van der Waals surface area contributed by atoms with Gasteiger partial charge in [-0.3, -0.25) is 9.48 Å². The highest BCUT2D eigenvalue weighted by molar-refractivity contribution is 5.84. The van der Waals surface area contributed by atoms with Gasteiger partial charge in [0.05, 0.1) is 26.4 Å². The van der Waals surface area contributed by atoms with Gasteiger partial charge in [-0.2, -0.15) is 0 Å². The van der Waals surface area contributed by atoms with Crippen LogP contribution < -0.4 is 5.32 Å². The second-order valence-electron chi connectivity index (χ2n) is 2.92. The number of rotatable bonds is 6. The van der Waals surface area contributed by atoms with Crippen molar-refractivity contribution in [1.29, 1.82) is 0 Å². The second-order valence-corrected chi connectivity index (χ2v) is 2.92. The second kappa shape index (κ2) is 5.81. The van der Waals surface area contributed by atoms with Crippen LogP contribution in [0.1, 0.15) is 10.5 Å². The number of aromatic carboxylic acids is 1. The van der Waals surface area contributed by atoms with Crippen LogP contribution in [-0.2, 0) is 16.1 Å². The first-order valence-corrected chi connectivity index (χ1v) is 4.54. The molecule has 0 fully saturated rings. The molecule has 0 saturated carbocycles. The SMILES string of the molecule is COC(=O)CNCCn1cc(C(=O)O)nn1. The fraction of sp³-hybridized carbons (Fsp3) is 0.500. The van der Waals surface area contributed by atoms with E-state index in [2.05, 4.69) is 20.4 Å². The van der Waals surface area contributed by atoms with Crippen LogP contribution in [-0.4, -0.2) is 52.2 Å². The van der Waals surface area contributed by atoms with Crippen molar-refractivity contribution in [2.24, 2.45) is 0 Å². The molecule has 2 N–H and O–H groups in total.